The van der Waals surface area contributed by atoms with Gasteiger partial charge in [0, 0.05) is 27.0 Å². The summed E-state index contributed by atoms with van der Waals surface area (Å²) in [6, 6.07) is 1.24. The second kappa shape index (κ2) is 7.01. The molecule has 7 nitrogen and oxygen atoms in total. The van der Waals surface area contributed by atoms with Gasteiger partial charge in [-0.2, -0.15) is 0 Å². The van der Waals surface area contributed by atoms with Crippen molar-refractivity contribution >= 4 is 27.4 Å². The molecule has 0 spiro atoms. The second-order valence-corrected chi connectivity index (χ2v) is 5.88. The van der Waals surface area contributed by atoms with E-state index in [0.29, 0.717) is 0 Å². The van der Waals surface area contributed by atoms with E-state index in [0.717, 1.165) is 6.20 Å². The summed E-state index contributed by atoms with van der Waals surface area (Å²) < 4.78 is 36.3. The highest BCUT2D eigenvalue weighted by atomic mass is 35.5. The van der Waals surface area contributed by atoms with Crippen LogP contribution in [0.4, 0.5) is 5.82 Å². The standard InChI is InChI=1S/C10H16ClN3O4S/c1-17-6-7(18-2)4-14-19(15,16)8-3-9(11)10(12)13-5-8/h3,5,7,14H,4,6H2,1-2H3,(H2,12,13). The largest absolute Gasteiger partial charge is 0.382 e. The maximum atomic E-state index is 12.0. The molecule has 0 radical (unpaired) electrons. The number of nitrogens with zero attached hydrogens (tertiary/aromatic N) is 1. The Morgan fingerprint density at radius 2 is 2.21 bits per heavy atom. The van der Waals surface area contributed by atoms with Gasteiger partial charge in [-0.05, 0) is 6.07 Å². The van der Waals surface area contributed by atoms with Gasteiger partial charge in [-0.25, -0.2) is 18.1 Å². The number of nitrogens with two attached hydrogens (primary N) is 1. The molecule has 1 heterocycles. The third-order valence-electron chi connectivity index (χ3n) is 2.34. The highest BCUT2D eigenvalue weighted by molar-refractivity contribution is 7.89. The van der Waals surface area contributed by atoms with Crippen molar-refractivity contribution < 1.29 is 17.9 Å². The maximum Gasteiger partial charge on any atom is 0.242 e. The number of hydrogen-bond acceptors (Lipinski definition) is 6. The van der Waals surface area contributed by atoms with Crippen LogP contribution in [0.25, 0.3) is 0 Å². The Labute approximate surface area is 117 Å². The van der Waals surface area contributed by atoms with E-state index < -0.39 is 10.0 Å². The SMILES string of the molecule is COCC(CNS(=O)(=O)c1cnc(N)c(Cl)c1)OC. The second-order valence-electron chi connectivity index (χ2n) is 3.70. The molecule has 1 rings (SSSR count). The van der Waals surface area contributed by atoms with Crippen LogP contribution in [0.1, 0.15) is 0 Å². The van der Waals surface area contributed by atoms with Crippen molar-refractivity contribution in [1.82, 2.24) is 9.71 Å². The van der Waals surface area contributed by atoms with Crippen LogP contribution >= 0.6 is 11.6 Å². The summed E-state index contributed by atoms with van der Waals surface area (Å²) in [6.45, 7) is 0.356. The smallest absolute Gasteiger partial charge is 0.242 e. The van der Waals surface area contributed by atoms with Gasteiger partial charge in [0.05, 0.1) is 17.7 Å². The number of nitrogens with one attached hydrogen (secondary N) is 1. The fourth-order valence-corrected chi connectivity index (χ4v) is 2.53. The Morgan fingerprint density at radius 1 is 1.53 bits per heavy atom. The minimum absolute atomic E-state index is 0.0565. The molecule has 1 aromatic heterocycles. The summed E-state index contributed by atoms with van der Waals surface area (Å²) in [6.07, 6.45) is 0.763. The Kier molecular flexibility index (Phi) is 5.95. The van der Waals surface area contributed by atoms with Gasteiger partial charge in [0.2, 0.25) is 10.0 Å². The lowest BCUT2D eigenvalue weighted by atomic mass is 10.4. The number of nitrogen functional groups attached to an aromatic ring is 1. The summed E-state index contributed by atoms with van der Waals surface area (Å²) in [5, 5.41) is 0.0862. The van der Waals surface area contributed by atoms with Gasteiger partial charge in [0.15, 0.2) is 0 Å². The average Bonchev–Trinajstić information content (AvgIpc) is 2.37. The summed E-state index contributed by atoms with van der Waals surface area (Å²) in [5.74, 6) is 0.0785. The van der Waals surface area contributed by atoms with Crippen molar-refractivity contribution in [2.75, 3.05) is 33.1 Å². The maximum absolute atomic E-state index is 12.0. The number of hydrogen-bond donors (Lipinski definition) is 2. The predicted molar refractivity (Wildman–Crippen MR) is 71.5 cm³/mol. The van der Waals surface area contributed by atoms with Crippen molar-refractivity contribution in [3.63, 3.8) is 0 Å². The lowest BCUT2D eigenvalue weighted by molar-refractivity contribution is 0.0320. The van der Waals surface area contributed by atoms with Crippen LogP contribution in [-0.2, 0) is 19.5 Å². The predicted octanol–water partition coefficient (Wildman–Crippen LogP) is 0.257. The number of sulfonamides is 1. The van der Waals surface area contributed by atoms with Gasteiger partial charge in [0.25, 0.3) is 0 Å². The van der Waals surface area contributed by atoms with E-state index >= 15 is 0 Å². The molecular formula is C10H16ClN3O4S. The molecule has 1 unspecified atom stereocenters. The average molecular weight is 310 g/mol. The van der Waals surface area contributed by atoms with Gasteiger partial charge in [0.1, 0.15) is 10.7 Å². The zero-order valence-electron chi connectivity index (χ0n) is 10.6. The van der Waals surface area contributed by atoms with Crippen molar-refractivity contribution in [3.05, 3.63) is 17.3 Å². The number of methoxy groups -OCH3 is 2. The molecule has 0 aliphatic rings. The number of halogens is 1. The Balaban J connectivity index is 2.78. The number of ether oxygens (including phenoxy) is 2. The van der Waals surface area contributed by atoms with E-state index in [1.165, 1.54) is 20.3 Å². The third-order valence-corrected chi connectivity index (χ3v) is 4.04. The molecule has 0 aliphatic carbocycles. The first-order chi connectivity index (χ1) is 8.90. The van der Waals surface area contributed by atoms with Gasteiger partial charge < -0.3 is 15.2 Å². The molecule has 1 atom stereocenters. The van der Waals surface area contributed by atoms with E-state index in [2.05, 4.69) is 9.71 Å². The monoisotopic (exact) mass is 309 g/mol. The van der Waals surface area contributed by atoms with Crippen LogP contribution in [0.5, 0.6) is 0 Å². The van der Waals surface area contributed by atoms with E-state index in [9.17, 15) is 8.42 Å². The highest BCUT2D eigenvalue weighted by Crippen LogP contribution is 2.19. The molecule has 0 saturated carbocycles. The normalized spacial score (nSPS) is 13.4. The fraction of sp³-hybridized carbons (Fsp3) is 0.500. The number of aromatic nitrogens is 1. The van der Waals surface area contributed by atoms with E-state index in [4.69, 9.17) is 26.8 Å². The quantitative estimate of drug-likeness (QED) is 0.748. The van der Waals surface area contributed by atoms with Crippen LogP contribution in [0.2, 0.25) is 5.02 Å². The molecule has 0 saturated heterocycles. The van der Waals surface area contributed by atoms with Crippen LogP contribution in [-0.4, -0.2) is 46.9 Å². The minimum atomic E-state index is -3.71. The molecule has 108 valence electrons. The van der Waals surface area contributed by atoms with Crippen molar-refractivity contribution in [2.45, 2.75) is 11.0 Å². The van der Waals surface area contributed by atoms with Gasteiger partial charge in [-0.15, -0.1) is 0 Å². The van der Waals surface area contributed by atoms with Crippen LogP contribution < -0.4 is 10.5 Å². The van der Waals surface area contributed by atoms with Gasteiger partial charge in [-0.3, -0.25) is 0 Å². The first-order valence-corrected chi connectivity index (χ1v) is 7.19. The molecule has 9 heteroatoms. The lowest BCUT2D eigenvalue weighted by Gasteiger charge is -2.15. The zero-order valence-corrected chi connectivity index (χ0v) is 12.2. The molecule has 0 fully saturated rings. The van der Waals surface area contributed by atoms with E-state index in [1.807, 2.05) is 0 Å². The molecule has 0 amide bonds. The van der Waals surface area contributed by atoms with E-state index in [1.54, 1.807) is 0 Å². The van der Waals surface area contributed by atoms with E-state index in [-0.39, 0.29) is 35.0 Å². The molecular weight excluding hydrogens is 294 g/mol. The van der Waals surface area contributed by atoms with Crippen LogP contribution in [0, 0.1) is 0 Å². The molecule has 3 N–H and O–H groups in total. The number of pyridine rings is 1. The van der Waals surface area contributed by atoms with Crippen molar-refractivity contribution in [3.8, 4) is 0 Å². The highest BCUT2D eigenvalue weighted by Gasteiger charge is 2.18. The van der Waals surface area contributed by atoms with Crippen molar-refractivity contribution in [2.24, 2.45) is 0 Å². The molecule has 0 bridgehead atoms. The summed E-state index contributed by atoms with van der Waals surface area (Å²) in [7, 11) is -0.735. The Hall–Kier alpha value is -0.930. The molecule has 19 heavy (non-hydrogen) atoms. The first kappa shape index (κ1) is 16.1. The van der Waals surface area contributed by atoms with Crippen molar-refractivity contribution in [1.29, 1.82) is 0 Å². The lowest BCUT2D eigenvalue weighted by Crippen LogP contribution is -2.35. The summed E-state index contributed by atoms with van der Waals surface area (Å²) in [5.41, 5.74) is 5.42. The summed E-state index contributed by atoms with van der Waals surface area (Å²) >= 11 is 5.74. The van der Waals surface area contributed by atoms with Gasteiger partial charge >= 0.3 is 0 Å². The Morgan fingerprint density at radius 3 is 2.74 bits per heavy atom. The zero-order chi connectivity index (χ0) is 14.5. The summed E-state index contributed by atoms with van der Waals surface area (Å²) in [4.78, 5) is 3.64. The number of anilines is 1. The molecule has 1 aromatic rings. The number of rotatable bonds is 7. The molecule has 0 aliphatic heterocycles. The first-order valence-electron chi connectivity index (χ1n) is 5.33. The van der Waals surface area contributed by atoms with Crippen LogP contribution in [0.15, 0.2) is 17.2 Å². The van der Waals surface area contributed by atoms with Crippen LogP contribution in [0.3, 0.4) is 0 Å². The fourth-order valence-electron chi connectivity index (χ4n) is 1.26. The molecule has 0 aromatic carbocycles. The minimum Gasteiger partial charge on any atom is -0.382 e. The topological polar surface area (TPSA) is 104 Å². The van der Waals surface area contributed by atoms with Gasteiger partial charge in [-0.1, -0.05) is 11.6 Å². The third kappa shape index (κ3) is 4.59. The Bertz CT molecular complexity index is 524.